The van der Waals surface area contributed by atoms with Gasteiger partial charge in [0.25, 0.3) is 0 Å². The highest BCUT2D eigenvalue weighted by Crippen LogP contribution is 2.35. The van der Waals surface area contributed by atoms with Crippen molar-refractivity contribution in [2.45, 2.75) is 12.8 Å². The van der Waals surface area contributed by atoms with Crippen LogP contribution in [0.1, 0.15) is 11.1 Å². The number of imidazole rings is 1. The van der Waals surface area contributed by atoms with Crippen molar-refractivity contribution in [2.75, 3.05) is 0 Å². The molecule has 0 saturated heterocycles. The summed E-state index contributed by atoms with van der Waals surface area (Å²) in [5.41, 5.74) is 3.84. The minimum atomic E-state index is -4.46. The van der Waals surface area contributed by atoms with Crippen LogP contribution in [-0.4, -0.2) is 9.97 Å². The maximum Gasteiger partial charge on any atom is 0.416 e. The van der Waals surface area contributed by atoms with Gasteiger partial charge in [-0.15, -0.1) is 0 Å². The van der Waals surface area contributed by atoms with Crippen LogP contribution >= 0.6 is 11.6 Å². The number of halogens is 4. The molecule has 5 aromatic rings. The van der Waals surface area contributed by atoms with E-state index in [1.165, 1.54) is 12.1 Å². The molecule has 0 fully saturated rings. The van der Waals surface area contributed by atoms with Gasteiger partial charge in [0.1, 0.15) is 18.2 Å². The lowest BCUT2D eigenvalue weighted by molar-refractivity contribution is -0.138. The summed E-state index contributed by atoms with van der Waals surface area (Å²) < 4.78 is 45.5. The highest BCUT2D eigenvalue weighted by molar-refractivity contribution is 6.32. The van der Waals surface area contributed by atoms with Crippen LogP contribution in [0.5, 0.6) is 5.75 Å². The molecule has 0 amide bonds. The molecule has 3 nitrogen and oxygen atoms in total. The summed E-state index contributed by atoms with van der Waals surface area (Å²) in [5, 5.41) is 0.302. The molecule has 0 aliphatic heterocycles. The Bertz CT molecular complexity index is 1460. The summed E-state index contributed by atoms with van der Waals surface area (Å²) in [6.45, 7) is -0.264. The zero-order valence-corrected chi connectivity index (χ0v) is 18.5. The van der Waals surface area contributed by atoms with E-state index >= 15 is 0 Å². The van der Waals surface area contributed by atoms with Crippen LogP contribution in [0.15, 0.2) is 91.0 Å². The standard InChI is InChI=1S/C27H18ClF3N2O/c28-22-12-10-19(15-25(22)34-16-20-8-4-5-9-21(20)27(29,30)31)26-32-23-13-11-18(14-24(23)33-26)17-6-2-1-3-7-17/h1-15H,16H2,(H,32,33). The molecule has 0 spiro atoms. The highest BCUT2D eigenvalue weighted by atomic mass is 35.5. The second-order valence-electron chi connectivity index (χ2n) is 7.77. The van der Waals surface area contributed by atoms with E-state index in [2.05, 4.69) is 9.97 Å². The van der Waals surface area contributed by atoms with Crippen molar-refractivity contribution < 1.29 is 17.9 Å². The summed E-state index contributed by atoms with van der Waals surface area (Å²) >= 11 is 6.27. The molecular weight excluding hydrogens is 461 g/mol. The van der Waals surface area contributed by atoms with Crippen molar-refractivity contribution in [3.63, 3.8) is 0 Å². The van der Waals surface area contributed by atoms with Gasteiger partial charge in [-0.05, 0) is 47.5 Å². The van der Waals surface area contributed by atoms with Gasteiger partial charge >= 0.3 is 6.18 Å². The van der Waals surface area contributed by atoms with Crippen LogP contribution in [0.3, 0.4) is 0 Å². The number of benzene rings is 4. The Morgan fingerprint density at radius 2 is 1.53 bits per heavy atom. The second-order valence-corrected chi connectivity index (χ2v) is 8.18. The molecule has 0 aliphatic rings. The summed E-state index contributed by atoms with van der Waals surface area (Å²) in [4.78, 5) is 7.96. The topological polar surface area (TPSA) is 37.9 Å². The molecule has 0 saturated carbocycles. The average Bonchev–Trinajstić information content (AvgIpc) is 3.27. The van der Waals surface area contributed by atoms with Crippen molar-refractivity contribution in [3.05, 3.63) is 107 Å². The van der Waals surface area contributed by atoms with Crippen molar-refractivity contribution in [2.24, 2.45) is 0 Å². The highest BCUT2D eigenvalue weighted by Gasteiger charge is 2.33. The predicted octanol–water partition coefficient (Wildman–Crippen LogP) is 8.15. The molecule has 0 atom stereocenters. The zero-order valence-electron chi connectivity index (χ0n) is 17.7. The van der Waals surface area contributed by atoms with E-state index in [4.69, 9.17) is 16.3 Å². The fourth-order valence-corrected chi connectivity index (χ4v) is 3.97. The first-order chi connectivity index (χ1) is 16.4. The molecule has 170 valence electrons. The third-order valence-electron chi connectivity index (χ3n) is 5.50. The SMILES string of the molecule is FC(F)(F)c1ccccc1COc1cc(-c2nc3ccc(-c4ccccc4)cc3[nH]2)ccc1Cl. The van der Waals surface area contributed by atoms with Crippen LogP contribution in [0, 0.1) is 0 Å². The normalized spacial score (nSPS) is 11.6. The van der Waals surface area contributed by atoms with Crippen LogP contribution in [0.2, 0.25) is 5.02 Å². The number of rotatable bonds is 5. The molecule has 1 aromatic heterocycles. The van der Waals surface area contributed by atoms with Gasteiger partial charge in [-0.3, -0.25) is 0 Å². The van der Waals surface area contributed by atoms with Crippen molar-refractivity contribution in [1.82, 2.24) is 9.97 Å². The van der Waals surface area contributed by atoms with E-state index in [1.54, 1.807) is 24.3 Å². The third-order valence-corrected chi connectivity index (χ3v) is 5.81. The zero-order chi connectivity index (χ0) is 23.7. The Morgan fingerprint density at radius 1 is 0.794 bits per heavy atom. The van der Waals surface area contributed by atoms with Crippen LogP contribution in [0.4, 0.5) is 13.2 Å². The van der Waals surface area contributed by atoms with E-state index in [9.17, 15) is 13.2 Å². The smallest absolute Gasteiger partial charge is 0.416 e. The van der Waals surface area contributed by atoms with Crippen molar-refractivity contribution >= 4 is 22.6 Å². The molecule has 0 bridgehead atoms. The minimum absolute atomic E-state index is 0.0358. The number of H-pyrrole nitrogens is 1. The number of fused-ring (bicyclic) bond motifs is 1. The molecule has 7 heteroatoms. The lowest BCUT2D eigenvalue weighted by Gasteiger charge is -2.14. The summed E-state index contributed by atoms with van der Waals surface area (Å²) in [7, 11) is 0. The maximum absolute atomic E-state index is 13.3. The first-order valence-corrected chi connectivity index (χ1v) is 10.9. The largest absolute Gasteiger partial charge is 0.487 e. The fraction of sp³-hybridized carbons (Fsp3) is 0.0741. The predicted molar refractivity (Wildman–Crippen MR) is 128 cm³/mol. The van der Waals surface area contributed by atoms with Crippen molar-refractivity contribution in [1.29, 1.82) is 0 Å². The Kier molecular flexibility index (Phi) is 5.75. The number of nitrogens with one attached hydrogen (secondary N) is 1. The van der Waals surface area contributed by atoms with E-state index in [1.807, 2.05) is 48.5 Å². The molecule has 1 heterocycles. The monoisotopic (exact) mass is 478 g/mol. The lowest BCUT2D eigenvalue weighted by atomic mass is 10.1. The number of hydrogen-bond donors (Lipinski definition) is 1. The van der Waals surface area contributed by atoms with Crippen LogP contribution in [-0.2, 0) is 12.8 Å². The van der Waals surface area contributed by atoms with Gasteiger partial charge in [-0.2, -0.15) is 13.2 Å². The Balaban J connectivity index is 1.43. The van der Waals surface area contributed by atoms with Gasteiger partial charge in [-0.25, -0.2) is 4.98 Å². The van der Waals surface area contributed by atoms with Gasteiger partial charge in [-0.1, -0.05) is 66.2 Å². The summed E-state index contributed by atoms with van der Waals surface area (Å²) in [6, 6.07) is 26.4. The Hall–Kier alpha value is -3.77. The van der Waals surface area contributed by atoms with E-state index in [0.29, 0.717) is 16.4 Å². The number of alkyl halides is 3. The first kappa shape index (κ1) is 22.0. The number of aromatic amines is 1. The van der Waals surface area contributed by atoms with Gasteiger partial charge in [0.05, 0.1) is 21.6 Å². The molecule has 1 N–H and O–H groups in total. The molecule has 0 unspecified atom stereocenters. The van der Waals surface area contributed by atoms with E-state index in [-0.39, 0.29) is 17.9 Å². The first-order valence-electron chi connectivity index (χ1n) is 10.5. The van der Waals surface area contributed by atoms with E-state index in [0.717, 1.165) is 28.2 Å². The van der Waals surface area contributed by atoms with Crippen LogP contribution < -0.4 is 4.74 Å². The van der Waals surface area contributed by atoms with Gasteiger partial charge in [0.15, 0.2) is 0 Å². The quantitative estimate of drug-likeness (QED) is 0.277. The van der Waals surface area contributed by atoms with Gasteiger partial charge in [0, 0.05) is 11.1 Å². The number of hydrogen-bond acceptors (Lipinski definition) is 2. The molecule has 5 rings (SSSR count). The molecule has 34 heavy (non-hydrogen) atoms. The van der Waals surface area contributed by atoms with Gasteiger partial charge in [0.2, 0.25) is 0 Å². The third kappa shape index (κ3) is 4.50. The molecule has 0 aliphatic carbocycles. The van der Waals surface area contributed by atoms with Gasteiger partial charge < -0.3 is 9.72 Å². The number of aromatic nitrogens is 2. The Morgan fingerprint density at radius 3 is 2.32 bits per heavy atom. The number of ether oxygens (including phenoxy) is 1. The molecule has 0 radical (unpaired) electrons. The number of nitrogens with zero attached hydrogens (tertiary/aromatic N) is 1. The summed E-state index contributed by atoms with van der Waals surface area (Å²) in [6.07, 6.45) is -4.46. The molecular formula is C27H18ClF3N2O. The second kappa shape index (κ2) is 8.88. The van der Waals surface area contributed by atoms with Crippen molar-refractivity contribution in [3.8, 4) is 28.3 Å². The Labute approximate surface area is 198 Å². The lowest BCUT2D eigenvalue weighted by Crippen LogP contribution is -2.10. The van der Waals surface area contributed by atoms with Crippen LogP contribution in [0.25, 0.3) is 33.5 Å². The fourth-order valence-electron chi connectivity index (χ4n) is 3.80. The minimum Gasteiger partial charge on any atom is -0.487 e. The maximum atomic E-state index is 13.3. The average molecular weight is 479 g/mol. The molecule has 4 aromatic carbocycles. The van der Waals surface area contributed by atoms with E-state index < -0.39 is 11.7 Å². The summed E-state index contributed by atoms with van der Waals surface area (Å²) in [5.74, 6) is 0.888.